The zero-order valence-electron chi connectivity index (χ0n) is 16.3. The molecule has 0 N–H and O–H groups in total. The number of alkyl halides is 3. The molecule has 1 aromatic carbocycles. The topological polar surface area (TPSA) is 9.23 Å². The van der Waals surface area contributed by atoms with Crippen molar-refractivity contribution in [2.75, 3.05) is 0 Å². The van der Waals surface area contributed by atoms with Crippen LogP contribution in [0, 0.1) is 11.8 Å². The van der Waals surface area contributed by atoms with Crippen LogP contribution in [-0.4, -0.2) is 6.36 Å². The van der Waals surface area contributed by atoms with Crippen molar-refractivity contribution in [3.8, 4) is 5.75 Å². The van der Waals surface area contributed by atoms with Crippen LogP contribution >= 0.6 is 0 Å². The second kappa shape index (κ2) is 9.16. The Balaban J connectivity index is 1.49. The number of fused-ring (bicyclic) bond motifs is 1. The maximum absolute atomic E-state index is 12.4. The van der Waals surface area contributed by atoms with E-state index in [1.165, 1.54) is 69.1 Å². The van der Waals surface area contributed by atoms with Crippen molar-refractivity contribution in [3.63, 3.8) is 0 Å². The molecule has 0 bridgehead atoms. The van der Waals surface area contributed by atoms with E-state index in [2.05, 4.69) is 17.7 Å². The fourth-order valence-corrected chi connectivity index (χ4v) is 4.61. The molecule has 4 heteroatoms. The molecule has 1 fully saturated rings. The van der Waals surface area contributed by atoms with Gasteiger partial charge in [0.05, 0.1) is 0 Å². The van der Waals surface area contributed by atoms with Crippen LogP contribution in [0.2, 0.25) is 0 Å². The molecule has 0 radical (unpaired) electrons. The molecule has 2 aliphatic rings. The van der Waals surface area contributed by atoms with Crippen molar-refractivity contribution in [3.05, 3.63) is 34.9 Å². The average molecular weight is 380 g/mol. The monoisotopic (exact) mass is 380 g/mol. The van der Waals surface area contributed by atoms with E-state index in [1.54, 1.807) is 6.07 Å². The fraction of sp³-hybridized carbons (Fsp3) is 0.652. The van der Waals surface area contributed by atoms with E-state index < -0.39 is 6.36 Å². The molecule has 0 spiro atoms. The van der Waals surface area contributed by atoms with E-state index >= 15 is 0 Å². The molecule has 150 valence electrons. The van der Waals surface area contributed by atoms with E-state index in [-0.39, 0.29) is 5.75 Å². The van der Waals surface area contributed by atoms with Gasteiger partial charge in [-0.15, -0.1) is 13.2 Å². The van der Waals surface area contributed by atoms with Crippen LogP contribution < -0.4 is 4.74 Å². The number of aryl methyl sites for hydroxylation is 1. The van der Waals surface area contributed by atoms with E-state index in [9.17, 15) is 13.2 Å². The number of benzene rings is 1. The van der Waals surface area contributed by atoms with Gasteiger partial charge in [0.1, 0.15) is 5.75 Å². The van der Waals surface area contributed by atoms with Gasteiger partial charge < -0.3 is 4.74 Å². The van der Waals surface area contributed by atoms with Crippen LogP contribution in [0.4, 0.5) is 13.2 Å². The number of unbranched alkanes of at least 4 members (excludes halogenated alkanes) is 1. The largest absolute Gasteiger partial charge is 0.573 e. The molecule has 3 rings (SSSR count). The van der Waals surface area contributed by atoms with Crippen LogP contribution in [0.1, 0.15) is 82.3 Å². The average Bonchev–Trinajstić information content (AvgIpc) is 2.64. The summed E-state index contributed by atoms with van der Waals surface area (Å²) in [7, 11) is 0. The Bertz CT molecular complexity index is 640. The smallest absolute Gasteiger partial charge is 0.406 e. The maximum Gasteiger partial charge on any atom is 0.573 e. The van der Waals surface area contributed by atoms with Crippen molar-refractivity contribution in [2.24, 2.45) is 11.8 Å². The lowest BCUT2D eigenvalue weighted by atomic mass is 9.77. The van der Waals surface area contributed by atoms with E-state index in [1.807, 2.05) is 0 Å². The number of hydrogen-bond acceptors (Lipinski definition) is 1. The molecule has 0 amide bonds. The Morgan fingerprint density at radius 2 is 1.70 bits per heavy atom. The van der Waals surface area contributed by atoms with Gasteiger partial charge in [0.15, 0.2) is 0 Å². The summed E-state index contributed by atoms with van der Waals surface area (Å²) in [6, 6.07) is 4.71. The SMILES string of the molecule is CCCCC1CCC(CCC2=Cc3ccc(OC(F)(F)F)cc3CC2)CC1. The molecule has 1 nitrogen and oxygen atoms in total. The predicted molar refractivity (Wildman–Crippen MR) is 104 cm³/mol. The summed E-state index contributed by atoms with van der Waals surface area (Å²) in [6.07, 6.45) is 11.3. The van der Waals surface area contributed by atoms with Gasteiger partial charge in [0.25, 0.3) is 0 Å². The van der Waals surface area contributed by atoms with Gasteiger partial charge in [-0.05, 0) is 60.8 Å². The highest BCUT2D eigenvalue weighted by Gasteiger charge is 2.31. The third-order valence-electron chi connectivity index (χ3n) is 6.23. The molecule has 0 unspecified atom stereocenters. The number of hydrogen-bond donors (Lipinski definition) is 0. The van der Waals surface area contributed by atoms with Gasteiger partial charge in [-0.25, -0.2) is 0 Å². The minimum Gasteiger partial charge on any atom is -0.406 e. The molecule has 27 heavy (non-hydrogen) atoms. The minimum absolute atomic E-state index is 0.113. The summed E-state index contributed by atoms with van der Waals surface area (Å²) >= 11 is 0. The van der Waals surface area contributed by atoms with Gasteiger partial charge in [0.2, 0.25) is 0 Å². The Morgan fingerprint density at radius 3 is 2.37 bits per heavy atom. The molecular formula is C23H31F3O. The highest BCUT2D eigenvalue weighted by molar-refractivity contribution is 5.61. The van der Waals surface area contributed by atoms with E-state index in [0.29, 0.717) is 0 Å². The number of allylic oxidation sites excluding steroid dienone is 1. The van der Waals surface area contributed by atoms with Crippen LogP contribution in [0.15, 0.2) is 23.8 Å². The van der Waals surface area contributed by atoms with Crippen LogP contribution in [0.25, 0.3) is 6.08 Å². The lowest BCUT2D eigenvalue weighted by Crippen LogP contribution is -2.17. The summed E-state index contributed by atoms with van der Waals surface area (Å²) < 4.78 is 41.1. The van der Waals surface area contributed by atoms with E-state index in [0.717, 1.165) is 42.2 Å². The second-order valence-corrected chi connectivity index (χ2v) is 8.28. The normalized spacial score (nSPS) is 22.9. The minimum atomic E-state index is -4.63. The summed E-state index contributed by atoms with van der Waals surface area (Å²) in [5.74, 6) is 1.70. The number of halogens is 3. The first-order chi connectivity index (χ1) is 12.9. The summed E-state index contributed by atoms with van der Waals surface area (Å²) in [6.45, 7) is 2.27. The maximum atomic E-state index is 12.4. The van der Waals surface area contributed by atoms with Crippen molar-refractivity contribution in [1.82, 2.24) is 0 Å². The zero-order valence-corrected chi connectivity index (χ0v) is 16.3. The predicted octanol–water partition coefficient (Wildman–Crippen LogP) is 7.69. The summed E-state index contributed by atoms with van der Waals surface area (Å²) in [5.41, 5.74) is 3.45. The van der Waals surface area contributed by atoms with Gasteiger partial charge in [-0.2, -0.15) is 0 Å². The van der Waals surface area contributed by atoms with Crippen LogP contribution in [0.3, 0.4) is 0 Å². The first kappa shape index (κ1) is 20.3. The molecule has 1 saturated carbocycles. The lowest BCUT2D eigenvalue weighted by molar-refractivity contribution is -0.274. The Kier molecular flexibility index (Phi) is 6.88. The highest BCUT2D eigenvalue weighted by atomic mass is 19.4. The van der Waals surface area contributed by atoms with Crippen molar-refractivity contribution in [2.45, 2.75) is 83.9 Å². The van der Waals surface area contributed by atoms with Crippen molar-refractivity contribution < 1.29 is 17.9 Å². The summed E-state index contributed by atoms with van der Waals surface area (Å²) in [5, 5.41) is 0. The standard InChI is InChI=1S/C23H31F3O/c1-2-3-4-17-5-7-18(8-6-17)9-10-19-11-12-21-16-22(27-23(24,25)26)14-13-20(21)15-19/h13-18H,2-12H2,1H3. The quantitative estimate of drug-likeness (QED) is 0.471. The Morgan fingerprint density at radius 1 is 1.00 bits per heavy atom. The van der Waals surface area contributed by atoms with Gasteiger partial charge >= 0.3 is 6.36 Å². The van der Waals surface area contributed by atoms with Gasteiger partial charge in [-0.3, -0.25) is 0 Å². The summed E-state index contributed by atoms with van der Waals surface area (Å²) in [4.78, 5) is 0. The third-order valence-corrected chi connectivity index (χ3v) is 6.23. The molecule has 0 atom stereocenters. The zero-order chi connectivity index (χ0) is 19.3. The van der Waals surface area contributed by atoms with Crippen molar-refractivity contribution in [1.29, 1.82) is 0 Å². The molecule has 1 aromatic rings. The highest BCUT2D eigenvalue weighted by Crippen LogP contribution is 2.36. The Hall–Kier alpha value is -1.45. The molecule has 0 heterocycles. The third kappa shape index (κ3) is 6.29. The van der Waals surface area contributed by atoms with Gasteiger partial charge in [-0.1, -0.05) is 69.6 Å². The van der Waals surface area contributed by atoms with Crippen LogP contribution in [0.5, 0.6) is 5.75 Å². The number of rotatable bonds is 7. The second-order valence-electron chi connectivity index (χ2n) is 8.28. The molecular weight excluding hydrogens is 349 g/mol. The first-order valence-corrected chi connectivity index (χ1v) is 10.5. The van der Waals surface area contributed by atoms with E-state index in [4.69, 9.17) is 0 Å². The molecule has 0 saturated heterocycles. The van der Waals surface area contributed by atoms with Crippen LogP contribution in [-0.2, 0) is 6.42 Å². The van der Waals surface area contributed by atoms with Crippen molar-refractivity contribution >= 4 is 6.08 Å². The Labute approximate surface area is 161 Å². The molecule has 2 aliphatic carbocycles. The first-order valence-electron chi connectivity index (χ1n) is 10.5. The molecule has 0 aliphatic heterocycles. The number of ether oxygens (including phenoxy) is 1. The fourth-order valence-electron chi connectivity index (χ4n) is 4.61. The van der Waals surface area contributed by atoms with Gasteiger partial charge in [0, 0.05) is 0 Å². The lowest BCUT2D eigenvalue weighted by Gasteiger charge is -2.29. The molecule has 0 aromatic heterocycles.